The lowest BCUT2D eigenvalue weighted by atomic mass is 10.1. The van der Waals surface area contributed by atoms with Gasteiger partial charge in [0, 0.05) is 74.3 Å². The number of hydrogen-bond donors (Lipinski definition) is 2. The molecule has 2 heterocycles. The molecule has 0 aliphatic carbocycles. The second kappa shape index (κ2) is 12.8. The summed E-state index contributed by atoms with van der Waals surface area (Å²) in [4.78, 5) is 25.9. The summed E-state index contributed by atoms with van der Waals surface area (Å²) < 4.78 is 5.65. The van der Waals surface area contributed by atoms with Gasteiger partial charge in [0.2, 0.25) is 0 Å². The molecule has 0 saturated carbocycles. The van der Waals surface area contributed by atoms with Gasteiger partial charge in [-0.1, -0.05) is 24.8 Å². The fourth-order valence-electron chi connectivity index (χ4n) is 4.00. The zero-order chi connectivity index (χ0) is 26.9. The Balaban J connectivity index is 1.33. The molecule has 0 radical (unpaired) electrons. The minimum absolute atomic E-state index is 0.404. The number of nitrogens with zero attached hydrogens (tertiary/aromatic N) is 4. The zero-order valence-corrected chi connectivity index (χ0v) is 21.9. The van der Waals surface area contributed by atoms with Crippen LogP contribution in [0.1, 0.15) is 27.0 Å². The monoisotopic (exact) mass is 510 g/mol. The summed E-state index contributed by atoms with van der Waals surface area (Å²) >= 11 is 0. The molecule has 196 valence electrons. The van der Waals surface area contributed by atoms with Gasteiger partial charge in [-0.15, -0.1) is 0 Å². The molecule has 1 fully saturated rings. The molecule has 1 aromatic heterocycles. The highest BCUT2D eigenvalue weighted by atomic mass is 16.5. The number of piperazine rings is 1. The smallest absolute Gasteiger partial charge is 0.343 e. The third-order valence-corrected chi connectivity index (χ3v) is 6.37. The molecule has 3 aromatic rings. The Bertz CT molecular complexity index is 1310. The third-order valence-electron chi connectivity index (χ3n) is 6.37. The van der Waals surface area contributed by atoms with Gasteiger partial charge in [-0.25, -0.2) is 9.79 Å². The van der Waals surface area contributed by atoms with Crippen molar-refractivity contribution < 1.29 is 9.53 Å². The van der Waals surface area contributed by atoms with Gasteiger partial charge in [-0.2, -0.15) is 0 Å². The average Bonchev–Trinajstić information content (AvgIpc) is 2.92. The Morgan fingerprint density at radius 1 is 1.13 bits per heavy atom. The largest absolute Gasteiger partial charge is 0.423 e. The standard InChI is InChI=1S/C30H34N6O2/c1-22-6-11-27(19-29(22)34-23(2)33-14-12-28(31)26-5-4-13-32-20-26)38-30(37)25-9-7-24(8-10-25)21-36-17-15-35(3)16-18-36/h4-14,19-20,34H,2,15-18,21,31H2,1,3H3/b28-12-,33-14-. The number of nitrogens with one attached hydrogen (secondary N) is 1. The van der Waals surface area contributed by atoms with E-state index in [1.807, 2.05) is 49.4 Å². The molecular weight excluding hydrogens is 476 g/mol. The number of aromatic nitrogens is 1. The van der Waals surface area contributed by atoms with Crippen molar-refractivity contribution in [2.24, 2.45) is 10.7 Å². The van der Waals surface area contributed by atoms with Crippen molar-refractivity contribution in [3.05, 3.63) is 108 Å². The van der Waals surface area contributed by atoms with Crippen LogP contribution in [-0.4, -0.2) is 60.2 Å². The van der Waals surface area contributed by atoms with Crippen LogP contribution in [0.2, 0.25) is 0 Å². The third kappa shape index (κ3) is 7.61. The fourth-order valence-corrected chi connectivity index (χ4v) is 4.00. The molecule has 0 atom stereocenters. The molecule has 8 heteroatoms. The van der Waals surface area contributed by atoms with Crippen molar-refractivity contribution in [3.8, 4) is 5.75 Å². The first-order valence-electron chi connectivity index (χ1n) is 12.6. The number of pyridine rings is 1. The molecule has 0 unspecified atom stereocenters. The molecule has 0 spiro atoms. The minimum Gasteiger partial charge on any atom is -0.423 e. The Kier molecular flexibility index (Phi) is 9.02. The number of nitrogens with two attached hydrogens (primary N) is 1. The molecule has 38 heavy (non-hydrogen) atoms. The second-order valence-electron chi connectivity index (χ2n) is 9.36. The lowest BCUT2D eigenvalue weighted by Gasteiger charge is -2.32. The molecule has 4 rings (SSSR count). The predicted octanol–water partition coefficient (Wildman–Crippen LogP) is 4.31. The summed E-state index contributed by atoms with van der Waals surface area (Å²) in [6.07, 6.45) is 6.64. The molecule has 0 amide bonds. The first kappa shape index (κ1) is 26.8. The van der Waals surface area contributed by atoms with Crippen molar-refractivity contribution >= 4 is 23.6 Å². The Morgan fingerprint density at radius 2 is 1.89 bits per heavy atom. The van der Waals surface area contributed by atoms with Crippen molar-refractivity contribution in [1.29, 1.82) is 0 Å². The van der Waals surface area contributed by atoms with Crippen molar-refractivity contribution in [3.63, 3.8) is 0 Å². The number of allylic oxidation sites excluding steroid dienone is 1. The van der Waals surface area contributed by atoms with Gasteiger partial charge in [-0.3, -0.25) is 9.88 Å². The van der Waals surface area contributed by atoms with E-state index >= 15 is 0 Å². The Hall–Kier alpha value is -4.27. The zero-order valence-electron chi connectivity index (χ0n) is 21.9. The normalized spacial score (nSPS) is 14.9. The molecule has 1 saturated heterocycles. The summed E-state index contributed by atoms with van der Waals surface area (Å²) in [5.74, 6) is 0.448. The highest BCUT2D eigenvalue weighted by Crippen LogP contribution is 2.24. The number of anilines is 1. The number of benzene rings is 2. The number of likely N-dealkylation sites (N-methyl/N-ethyl adjacent to an activating group) is 1. The van der Waals surface area contributed by atoms with E-state index in [0.717, 1.165) is 49.5 Å². The first-order chi connectivity index (χ1) is 18.4. The fraction of sp³-hybridized carbons (Fsp3) is 0.233. The number of ether oxygens (including phenoxy) is 1. The Labute approximate surface area is 224 Å². The van der Waals surface area contributed by atoms with Crippen LogP contribution in [0, 0.1) is 6.92 Å². The van der Waals surface area contributed by atoms with E-state index in [4.69, 9.17) is 10.5 Å². The molecule has 2 aromatic carbocycles. The maximum atomic E-state index is 12.8. The molecule has 1 aliphatic heterocycles. The Morgan fingerprint density at radius 3 is 2.61 bits per heavy atom. The van der Waals surface area contributed by atoms with Crippen LogP contribution < -0.4 is 15.8 Å². The van der Waals surface area contributed by atoms with Crippen molar-refractivity contribution in [2.45, 2.75) is 13.5 Å². The molecule has 1 aliphatic rings. The molecule has 3 N–H and O–H groups in total. The maximum absolute atomic E-state index is 12.8. The van der Waals surface area contributed by atoms with E-state index in [-0.39, 0.29) is 0 Å². The topological polar surface area (TPSA) is 96.1 Å². The van der Waals surface area contributed by atoms with Gasteiger partial charge in [0.25, 0.3) is 0 Å². The van der Waals surface area contributed by atoms with Crippen LogP contribution in [-0.2, 0) is 6.54 Å². The van der Waals surface area contributed by atoms with Crippen LogP contribution in [0.25, 0.3) is 5.70 Å². The van der Waals surface area contributed by atoms with E-state index in [2.05, 4.69) is 38.7 Å². The van der Waals surface area contributed by atoms with E-state index in [0.29, 0.717) is 22.8 Å². The van der Waals surface area contributed by atoms with Crippen molar-refractivity contribution in [2.75, 3.05) is 38.5 Å². The first-order valence-corrected chi connectivity index (χ1v) is 12.6. The maximum Gasteiger partial charge on any atom is 0.343 e. The lowest BCUT2D eigenvalue weighted by Crippen LogP contribution is -2.43. The summed E-state index contributed by atoms with van der Waals surface area (Å²) in [7, 11) is 2.15. The summed E-state index contributed by atoms with van der Waals surface area (Å²) in [6.45, 7) is 11.0. The van der Waals surface area contributed by atoms with Gasteiger partial charge in [-0.05, 0) is 61.5 Å². The van der Waals surface area contributed by atoms with Gasteiger partial charge < -0.3 is 20.7 Å². The van der Waals surface area contributed by atoms with Gasteiger partial charge >= 0.3 is 5.97 Å². The number of aliphatic imine (C=N–C) groups is 1. The molecule has 8 nitrogen and oxygen atoms in total. The average molecular weight is 511 g/mol. The minimum atomic E-state index is -0.404. The van der Waals surface area contributed by atoms with E-state index in [1.54, 1.807) is 36.8 Å². The lowest BCUT2D eigenvalue weighted by molar-refractivity contribution is 0.0735. The van der Waals surface area contributed by atoms with Crippen LogP contribution in [0.15, 0.2) is 90.5 Å². The van der Waals surface area contributed by atoms with Crippen LogP contribution in [0.4, 0.5) is 5.69 Å². The van der Waals surface area contributed by atoms with E-state index < -0.39 is 5.97 Å². The highest BCUT2D eigenvalue weighted by molar-refractivity contribution is 5.91. The number of esters is 1. The van der Waals surface area contributed by atoms with E-state index in [9.17, 15) is 4.79 Å². The molecule has 0 bridgehead atoms. The van der Waals surface area contributed by atoms with Crippen LogP contribution in [0.5, 0.6) is 5.75 Å². The highest BCUT2D eigenvalue weighted by Gasteiger charge is 2.15. The van der Waals surface area contributed by atoms with Crippen LogP contribution >= 0.6 is 0 Å². The number of aryl methyl sites for hydroxylation is 1. The summed E-state index contributed by atoms with van der Waals surface area (Å²) in [6, 6.07) is 16.7. The predicted molar refractivity (Wildman–Crippen MR) is 153 cm³/mol. The van der Waals surface area contributed by atoms with Gasteiger partial charge in [0.1, 0.15) is 11.6 Å². The van der Waals surface area contributed by atoms with Gasteiger partial charge in [0.05, 0.1) is 5.56 Å². The quantitative estimate of drug-likeness (QED) is 0.252. The van der Waals surface area contributed by atoms with Gasteiger partial charge in [0.15, 0.2) is 0 Å². The van der Waals surface area contributed by atoms with E-state index in [1.165, 1.54) is 5.56 Å². The van der Waals surface area contributed by atoms with Crippen LogP contribution in [0.3, 0.4) is 0 Å². The summed E-state index contributed by atoms with van der Waals surface area (Å²) in [5.41, 5.74) is 10.8. The summed E-state index contributed by atoms with van der Waals surface area (Å²) in [5, 5.41) is 3.15. The molecular formula is C30H34N6O2. The number of carbonyl (C=O) groups is 1. The number of hydrogen-bond acceptors (Lipinski definition) is 8. The second-order valence-corrected chi connectivity index (χ2v) is 9.36. The van der Waals surface area contributed by atoms with Crippen molar-refractivity contribution in [1.82, 2.24) is 14.8 Å². The number of rotatable bonds is 9. The number of carbonyl (C=O) groups excluding carboxylic acids is 1. The SMILES string of the molecule is C=C(/N=C\C=C(/N)c1cccnc1)Nc1cc(OC(=O)c2ccc(CN3CCN(C)CC3)cc2)ccc1C.